The van der Waals surface area contributed by atoms with Gasteiger partial charge in [0.15, 0.2) is 0 Å². The zero-order chi connectivity index (χ0) is 51.3. The van der Waals surface area contributed by atoms with Crippen molar-refractivity contribution in [2.24, 2.45) is 47.3 Å². The highest BCUT2D eigenvalue weighted by Gasteiger charge is 2.48. The first-order chi connectivity index (χ1) is 34.2. The Morgan fingerprint density at radius 1 is 0.458 bits per heavy atom. The molecule has 8 saturated carbocycles. The first-order valence-electron chi connectivity index (χ1n) is 27.2. The second kappa shape index (κ2) is 22.8. The Kier molecular flexibility index (Phi) is 16.9. The van der Waals surface area contributed by atoms with Gasteiger partial charge in [-0.25, -0.2) is 4.79 Å². The third-order valence-electron chi connectivity index (χ3n) is 17.4. The lowest BCUT2D eigenvalue weighted by atomic mass is 9.54. The summed E-state index contributed by atoms with van der Waals surface area (Å²) in [5.41, 5.74) is 3.24. The SMILES string of the molecule is CC(C)(C)[Si](C)(C)Oc1cccc(C(=O)OCCOc2ccccc2)c1.CC(C)(C)[Si](C)(C)Oc1cccc(C(OCCOc2ccccc2)=C2C3CC4CC(C3)CC2C4)c1.O=C1C2CC3CC(C2)CC1C3. The fourth-order valence-corrected chi connectivity index (χ4v) is 14.1. The maximum Gasteiger partial charge on any atom is 0.338 e. The van der Waals surface area contributed by atoms with E-state index in [2.05, 4.69) is 92.0 Å². The minimum atomic E-state index is -1.94. The first kappa shape index (κ1) is 53.5. The number of para-hydroxylation sites is 2. The Labute approximate surface area is 434 Å². The predicted octanol–water partition coefficient (Wildman–Crippen LogP) is 15.7. The molecule has 72 heavy (non-hydrogen) atoms. The largest absolute Gasteiger partial charge is 0.543 e. The molecule has 8 fully saturated rings. The number of allylic oxidation sites excluding steroid dienone is 1. The topological polar surface area (TPSA) is 89.5 Å². The van der Waals surface area contributed by atoms with Crippen LogP contribution in [0, 0.1) is 47.3 Å². The van der Waals surface area contributed by atoms with Crippen molar-refractivity contribution in [3.63, 3.8) is 0 Å². The van der Waals surface area contributed by atoms with Crippen LogP contribution in [0.15, 0.2) is 115 Å². The van der Waals surface area contributed by atoms with Crippen LogP contribution in [0.25, 0.3) is 5.76 Å². The average Bonchev–Trinajstić information content (AvgIpc) is 3.32. The van der Waals surface area contributed by atoms with E-state index in [1.54, 1.807) is 17.7 Å². The molecule has 8 bridgehead atoms. The molecule has 0 aromatic heterocycles. The molecular formula is C62H84O8Si2. The Morgan fingerprint density at radius 2 is 0.833 bits per heavy atom. The minimum absolute atomic E-state index is 0.0955. The lowest BCUT2D eigenvalue weighted by Gasteiger charge is -2.51. The van der Waals surface area contributed by atoms with E-state index in [-0.39, 0.29) is 22.7 Å². The molecule has 0 N–H and O–H groups in total. The van der Waals surface area contributed by atoms with E-state index in [1.807, 2.05) is 72.8 Å². The third-order valence-corrected chi connectivity index (χ3v) is 26.1. The lowest BCUT2D eigenvalue weighted by molar-refractivity contribution is -0.139. The highest BCUT2D eigenvalue weighted by atomic mass is 28.4. The molecule has 388 valence electrons. The maximum atomic E-state index is 12.2. The molecule has 8 aliphatic carbocycles. The van der Waals surface area contributed by atoms with E-state index in [1.165, 1.54) is 69.8 Å². The van der Waals surface area contributed by atoms with Crippen LogP contribution in [0.5, 0.6) is 23.0 Å². The molecule has 0 atom stereocenters. The summed E-state index contributed by atoms with van der Waals surface area (Å²) in [6.45, 7) is 24.0. The molecule has 8 aliphatic rings. The van der Waals surface area contributed by atoms with Crippen molar-refractivity contribution in [2.75, 3.05) is 26.4 Å². The van der Waals surface area contributed by atoms with Crippen molar-refractivity contribution < 1.29 is 37.4 Å². The number of rotatable bonds is 15. The van der Waals surface area contributed by atoms with Gasteiger partial charge in [-0.3, -0.25) is 4.79 Å². The number of ketones is 1. The summed E-state index contributed by atoms with van der Waals surface area (Å²) < 4.78 is 36.3. The van der Waals surface area contributed by atoms with Crippen molar-refractivity contribution in [3.8, 4) is 23.0 Å². The second-order valence-corrected chi connectivity index (χ2v) is 34.3. The number of Topliss-reactive ketones (excluding diaryl/α,β-unsaturated/α-hetero) is 1. The van der Waals surface area contributed by atoms with Crippen molar-refractivity contribution >= 4 is 34.1 Å². The van der Waals surface area contributed by atoms with Gasteiger partial charge in [-0.1, -0.05) is 96.1 Å². The molecule has 0 heterocycles. The number of hydrogen-bond donors (Lipinski definition) is 0. The molecule has 0 saturated heterocycles. The Balaban J connectivity index is 0.000000163. The van der Waals surface area contributed by atoms with Gasteiger partial charge < -0.3 is 27.8 Å². The summed E-state index contributed by atoms with van der Waals surface area (Å²) in [6.07, 6.45) is 13.2. The molecule has 0 amide bonds. The molecule has 0 unspecified atom stereocenters. The van der Waals surface area contributed by atoms with Crippen LogP contribution in [-0.2, 0) is 14.3 Å². The van der Waals surface area contributed by atoms with Crippen molar-refractivity contribution in [3.05, 3.63) is 126 Å². The van der Waals surface area contributed by atoms with E-state index in [9.17, 15) is 9.59 Å². The van der Waals surface area contributed by atoms with Gasteiger partial charge in [-0.05, 0) is 196 Å². The maximum absolute atomic E-state index is 12.2. The quantitative estimate of drug-likeness (QED) is 0.0504. The standard InChI is InChI=1S/C31H42O3Si.C21H28O4Si.C10H14O/c1-31(2,3)35(4,5)34-28-13-9-10-24(21-28)30(33-15-14-32-27-11-7-6-8-12-27)29-25-17-22-16-23(19-25)20-26(29)18-22;1-21(2,3)26(4,5)25-19-13-9-10-17(16-19)20(22)24-15-14-23-18-11-7-6-8-12-18;11-10-8-2-6-1-7(4-8)5-9(10)3-6/h6-13,21-23,25-26H,14-20H2,1-5H3;6-13,16H,14-15H2,1-5H3;6-9H,1-5H2. The minimum Gasteiger partial charge on any atom is -0.543 e. The number of esters is 1. The molecule has 0 radical (unpaired) electrons. The van der Waals surface area contributed by atoms with E-state index in [0.717, 1.165) is 46.7 Å². The van der Waals surface area contributed by atoms with Gasteiger partial charge in [0, 0.05) is 17.4 Å². The van der Waals surface area contributed by atoms with Crippen molar-refractivity contribution in [1.29, 1.82) is 0 Å². The first-order valence-corrected chi connectivity index (χ1v) is 33.0. The van der Waals surface area contributed by atoms with Crippen LogP contribution in [0.3, 0.4) is 0 Å². The van der Waals surface area contributed by atoms with Gasteiger partial charge in [-0.2, -0.15) is 0 Å². The summed E-state index contributed by atoms with van der Waals surface area (Å²) in [4.78, 5) is 23.8. The fourth-order valence-electron chi connectivity index (χ4n) is 12.0. The van der Waals surface area contributed by atoms with E-state index >= 15 is 0 Å². The molecule has 10 heteroatoms. The van der Waals surface area contributed by atoms with Gasteiger partial charge in [0.1, 0.15) is 61.0 Å². The lowest BCUT2D eigenvalue weighted by Crippen LogP contribution is -2.45. The van der Waals surface area contributed by atoms with Crippen molar-refractivity contribution in [2.45, 2.75) is 142 Å². The van der Waals surface area contributed by atoms with Crippen LogP contribution in [-0.4, -0.2) is 54.8 Å². The van der Waals surface area contributed by atoms with E-state index in [4.69, 9.17) is 27.8 Å². The van der Waals surface area contributed by atoms with E-state index in [0.29, 0.717) is 60.6 Å². The Hall–Kier alpha value is -4.81. The van der Waals surface area contributed by atoms with Gasteiger partial charge in [0.25, 0.3) is 0 Å². The fraction of sp³-hybridized carbons (Fsp3) is 0.548. The predicted molar refractivity (Wildman–Crippen MR) is 295 cm³/mol. The molecule has 12 rings (SSSR count). The highest BCUT2D eigenvalue weighted by molar-refractivity contribution is 6.75. The smallest absolute Gasteiger partial charge is 0.338 e. The normalized spacial score (nSPS) is 24.8. The van der Waals surface area contributed by atoms with Gasteiger partial charge in [-0.15, -0.1) is 0 Å². The van der Waals surface area contributed by atoms with Gasteiger partial charge >= 0.3 is 5.97 Å². The molecule has 4 aromatic carbocycles. The molecular weight excluding hydrogens is 929 g/mol. The van der Waals surface area contributed by atoms with Crippen LogP contribution < -0.4 is 18.3 Å². The number of hydrogen-bond acceptors (Lipinski definition) is 8. The highest BCUT2D eigenvalue weighted by Crippen LogP contribution is 2.58. The number of benzene rings is 4. The number of carbonyl (C=O) groups excluding carboxylic acids is 2. The summed E-state index contributed by atoms with van der Waals surface area (Å²) in [7, 11) is -3.86. The number of carbonyl (C=O) groups is 2. The Bertz CT molecular complexity index is 2410. The monoisotopic (exact) mass is 1010 g/mol. The summed E-state index contributed by atoms with van der Waals surface area (Å²) >= 11 is 0. The van der Waals surface area contributed by atoms with Crippen molar-refractivity contribution in [1.82, 2.24) is 0 Å². The molecule has 4 aromatic rings. The van der Waals surface area contributed by atoms with Gasteiger partial charge in [0.2, 0.25) is 16.6 Å². The molecule has 0 aliphatic heterocycles. The second-order valence-electron chi connectivity index (χ2n) is 24.9. The van der Waals surface area contributed by atoms with Crippen LogP contribution >= 0.6 is 0 Å². The summed E-state index contributed by atoms with van der Waals surface area (Å²) in [5, 5.41) is 0.259. The summed E-state index contributed by atoms with van der Waals surface area (Å²) in [6, 6.07) is 35.3. The van der Waals surface area contributed by atoms with E-state index < -0.39 is 16.6 Å². The average molecular weight is 1010 g/mol. The van der Waals surface area contributed by atoms with Gasteiger partial charge in [0.05, 0.1) is 5.56 Å². The van der Waals surface area contributed by atoms with Crippen LogP contribution in [0.1, 0.15) is 122 Å². The third kappa shape index (κ3) is 13.5. The molecule has 0 spiro atoms. The Morgan fingerprint density at radius 3 is 1.26 bits per heavy atom. The van der Waals surface area contributed by atoms with Crippen LogP contribution in [0.2, 0.25) is 36.3 Å². The summed E-state index contributed by atoms with van der Waals surface area (Å²) in [5.74, 6) is 10.8. The molecule has 8 nitrogen and oxygen atoms in total. The zero-order valence-corrected chi connectivity index (χ0v) is 47.2. The number of ether oxygens (including phenoxy) is 4. The van der Waals surface area contributed by atoms with Crippen LogP contribution in [0.4, 0.5) is 0 Å². The zero-order valence-electron chi connectivity index (χ0n) is 45.2.